The molecule has 5 nitrogen and oxygen atoms in total. The molecule has 1 amide bonds. The SMILES string of the molecule is COc1ccc(CN(C)C(=O)C2CCNC2)cc1O.Cl. The lowest BCUT2D eigenvalue weighted by molar-refractivity contribution is -0.134. The van der Waals surface area contributed by atoms with E-state index in [1.165, 1.54) is 7.11 Å². The molecule has 0 spiro atoms. The van der Waals surface area contributed by atoms with E-state index >= 15 is 0 Å². The first-order valence-corrected chi connectivity index (χ1v) is 6.43. The predicted octanol–water partition coefficient (Wildman–Crippen LogP) is 1.39. The molecular formula is C14H21ClN2O3. The van der Waals surface area contributed by atoms with Crippen molar-refractivity contribution in [1.29, 1.82) is 0 Å². The molecule has 1 unspecified atom stereocenters. The van der Waals surface area contributed by atoms with Gasteiger partial charge in [-0.3, -0.25) is 4.79 Å². The number of phenols is 1. The van der Waals surface area contributed by atoms with Crippen molar-refractivity contribution in [3.05, 3.63) is 23.8 Å². The molecule has 112 valence electrons. The quantitative estimate of drug-likeness (QED) is 0.882. The van der Waals surface area contributed by atoms with E-state index in [1.54, 1.807) is 24.1 Å². The minimum absolute atomic E-state index is 0. The van der Waals surface area contributed by atoms with Gasteiger partial charge in [0.15, 0.2) is 11.5 Å². The molecule has 0 aliphatic carbocycles. The normalized spacial score (nSPS) is 17.4. The molecule has 1 heterocycles. The Kier molecular flexibility index (Phi) is 6.10. The molecule has 1 aliphatic rings. The Labute approximate surface area is 125 Å². The molecule has 20 heavy (non-hydrogen) atoms. The number of ether oxygens (including phenoxy) is 1. The Morgan fingerprint density at radius 1 is 1.55 bits per heavy atom. The summed E-state index contributed by atoms with van der Waals surface area (Å²) >= 11 is 0. The molecule has 1 aliphatic heterocycles. The number of benzene rings is 1. The van der Waals surface area contributed by atoms with Gasteiger partial charge >= 0.3 is 0 Å². The molecule has 1 fully saturated rings. The van der Waals surface area contributed by atoms with Crippen molar-refractivity contribution in [2.75, 3.05) is 27.2 Å². The molecule has 0 aromatic heterocycles. The molecule has 2 N–H and O–H groups in total. The van der Waals surface area contributed by atoms with Crippen molar-refractivity contribution in [3.63, 3.8) is 0 Å². The van der Waals surface area contributed by atoms with Crippen molar-refractivity contribution >= 4 is 18.3 Å². The third-order valence-electron chi connectivity index (χ3n) is 3.45. The lowest BCUT2D eigenvalue weighted by Crippen LogP contribution is -2.33. The van der Waals surface area contributed by atoms with E-state index in [9.17, 15) is 9.90 Å². The topological polar surface area (TPSA) is 61.8 Å². The van der Waals surface area contributed by atoms with Crippen LogP contribution in [-0.2, 0) is 11.3 Å². The number of carbonyl (C=O) groups is 1. The third-order valence-corrected chi connectivity index (χ3v) is 3.45. The highest BCUT2D eigenvalue weighted by Crippen LogP contribution is 2.26. The molecule has 0 bridgehead atoms. The number of nitrogens with zero attached hydrogens (tertiary/aromatic N) is 1. The molecule has 6 heteroatoms. The molecule has 2 rings (SSSR count). The average Bonchev–Trinajstić information content (AvgIpc) is 2.92. The van der Waals surface area contributed by atoms with Crippen molar-refractivity contribution in [1.82, 2.24) is 10.2 Å². The highest BCUT2D eigenvalue weighted by atomic mass is 35.5. The van der Waals surface area contributed by atoms with Crippen LogP contribution in [0.1, 0.15) is 12.0 Å². The number of hydrogen-bond donors (Lipinski definition) is 2. The van der Waals surface area contributed by atoms with Gasteiger partial charge in [0.05, 0.1) is 13.0 Å². The van der Waals surface area contributed by atoms with Crippen molar-refractivity contribution in [2.24, 2.45) is 5.92 Å². The average molecular weight is 301 g/mol. The second kappa shape index (κ2) is 7.36. The molecular weight excluding hydrogens is 280 g/mol. The standard InChI is InChI=1S/C14H20N2O3.ClH/c1-16(14(18)11-5-6-15-8-11)9-10-3-4-13(19-2)12(17)7-10;/h3-4,7,11,15,17H,5-6,8-9H2,1-2H3;1H. The van der Waals surface area contributed by atoms with Gasteiger partial charge in [-0.1, -0.05) is 6.07 Å². The maximum Gasteiger partial charge on any atom is 0.227 e. The number of aromatic hydroxyl groups is 1. The van der Waals surface area contributed by atoms with E-state index in [0.29, 0.717) is 12.3 Å². The van der Waals surface area contributed by atoms with E-state index in [0.717, 1.165) is 25.1 Å². The van der Waals surface area contributed by atoms with E-state index in [2.05, 4.69) is 5.32 Å². The summed E-state index contributed by atoms with van der Waals surface area (Å²) in [5, 5.41) is 12.9. The predicted molar refractivity (Wildman–Crippen MR) is 79.4 cm³/mol. The van der Waals surface area contributed by atoms with E-state index in [4.69, 9.17) is 4.74 Å². The first-order valence-electron chi connectivity index (χ1n) is 6.43. The zero-order valence-electron chi connectivity index (χ0n) is 11.8. The van der Waals surface area contributed by atoms with Crippen molar-refractivity contribution < 1.29 is 14.6 Å². The van der Waals surface area contributed by atoms with Crippen LogP contribution in [0.2, 0.25) is 0 Å². The summed E-state index contributed by atoms with van der Waals surface area (Å²) in [6.07, 6.45) is 0.900. The number of phenolic OH excluding ortho intramolecular Hbond substituents is 1. The Hall–Kier alpha value is -1.46. The van der Waals surface area contributed by atoms with Crippen molar-refractivity contribution in [3.8, 4) is 11.5 Å². The number of nitrogens with one attached hydrogen (secondary N) is 1. The maximum absolute atomic E-state index is 12.2. The van der Waals surface area contributed by atoms with Crippen LogP contribution in [0.25, 0.3) is 0 Å². The minimum atomic E-state index is 0. The zero-order chi connectivity index (χ0) is 13.8. The van der Waals surface area contributed by atoms with E-state index in [1.807, 2.05) is 6.07 Å². The van der Waals surface area contributed by atoms with E-state index < -0.39 is 0 Å². The van der Waals surface area contributed by atoms with Gasteiger partial charge < -0.3 is 20.1 Å². The fourth-order valence-electron chi connectivity index (χ4n) is 2.36. The Morgan fingerprint density at radius 2 is 2.30 bits per heavy atom. The van der Waals surface area contributed by atoms with Gasteiger partial charge in [0.25, 0.3) is 0 Å². The first kappa shape index (κ1) is 16.6. The van der Waals surface area contributed by atoms with Gasteiger partial charge in [-0.2, -0.15) is 0 Å². The van der Waals surface area contributed by atoms with Crippen LogP contribution in [0.3, 0.4) is 0 Å². The third kappa shape index (κ3) is 3.77. The minimum Gasteiger partial charge on any atom is -0.504 e. The number of rotatable bonds is 4. The molecule has 1 atom stereocenters. The van der Waals surface area contributed by atoms with Crippen LogP contribution in [0.4, 0.5) is 0 Å². The lowest BCUT2D eigenvalue weighted by atomic mass is 10.1. The van der Waals surface area contributed by atoms with Crippen LogP contribution in [0.5, 0.6) is 11.5 Å². The summed E-state index contributed by atoms with van der Waals surface area (Å²) in [6, 6.07) is 5.20. The van der Waals surface area contributed by atoms with Gasteiger partial charge in [0, 0.05) is 20.1 Å². The van der Waals surface area contributed by atoms with Gasteiger partial charge in [-0.25, -0.2) is 0 Å². The zero-order valence-corrected chi connectivity index (χ0v) is 12.6. The molecule has 1 aromatic carbocycles. The summed E-state index contributed by atoms with van der Waals surface area (Å²) in [5.41, 5.74) is 0.889. The second-order valence-corrected chi connectivity index (χ2v) is 4.89. The summed E-state index contributed by atoms with van der Waals surface area (Å²) in [4.78, 5) is 13.9. The fraction of sp³-hybridized carbons (Fsp3) is 0.500. The summed E-state index contributed by atoms with van der Waals surface area (Å²) < 4.78 is 4.99. The Balaban J connectivity index is 0.00000200. The lowest BCUT2D eigenvalue weighted by Gasteiger charge is -2.21. The highest BCUT2D eigenvalue weighted by molar-refractivity contribution is 5.85. The van der Waals surface area contributed by atoms with E-state index in [-0.39, 0.29) is 30.0 Å². The van der Waals surface area contributed by atoms with Gasteiger partial charge in [0.2, 0.25) is 5.91 Å². The molecule has 1 aromatic rings. The number of methoxy groups -OCH3 is 1. The number of amides is 1. The molecule has 0 saturated carbocycles. The first-order chi connectivity index (χ1) is 9.11. The monoisotopic (exact) mass is 300 g/mol. The van der Waals surface area contributed by atoms with Crippen LogP contribution in [-0.4, -0.2) is 43.2 Å². The summed E-state index contributed by atoms with van der Waals surface area (Å²) in [5.74, 6) is 0.776. The summed E-state index contributed by atoms with van der Waals surface area (Å²) in [7, 11) is 3.30. The molecule has 1 saturated heterocycles. The second-order valence-electron chi connectivity index (χ2n) is 4.89. The van der Waals surface area contributed by atoms with Crippen LogP contribution >= 0.6 is 12.4 Å². The van der Waals surface area contributed by atoms with Gasteiger partial charge in [-0.05, 0) is 30.7 Å². The Morgan fingerprint density at radius 3 is 2.85 bits per heavy atom. The van der Waals surface area contributed by atoms with Gasteiger partial charge in [-0.15, -0.1) is 12.4 Å². The van der Waals surface area contributed by atoms with Crippen LogP contribution < -0.4 is 10.1 Å². The van der Waals surface area contributed by atoms with Gasteiger partial charge in [0.1, 0.15) is 0 Å². The molecule has 0 radical (unpaired) electrons. The van der Waals surface area contributed by atoms with Crippen LogP contribution in [0.15, 0.2) is 18.2 Å². The largest absolute Gasteiger partial charge is 0.504 e. The number of hydrogen-bond acceptors (Lipinski definition) is 4. The number of carbonyl (C=O) groups excluding carboxylic acids is 1. The van der Waals surface area contributed by atoms with Crippen LogP contribution in [0, 0.1) is 5.92 Å². The summed E-state index contributed by atoms with van der Waals surface area (Å²) in [6.45, 7) is 2.16. The maximum atomic E-state index is 12.2. The smallest absolute Gasteiger partial charge is 0.227 e. The number of halogens is 1. The fourth-order valence-corrected chi connectivity index (χ4v) is 2.36. The van der Waals surface area contributed by atoms with Crippen molar-refractivity contribution in [2.45, 2.75) is 13.0 Å². The highest BCUT2D eigenvalue weighted by Gasteiger charge is 2.25. The Bertz CT molecular complexity index is 462.